The SMILES string of the molecule is CC(C)Cc1ccc(C(C)NC(=O)CSc2nnc(-c3ccc(F)cc3)n2N)cc1. The first kappa shape index (κ1) is 21.8. The number of nitrogens with one attached hydrogen (secondary N) is 1. The lowest BCUT2D eigenvalue weighted by Crippen LogP contribution is -2.28. The van der Waals surface area contributed by atoms with Crippen molar-refractivity contribution >= 4 is 17.7 Å². The van der Waals surface area contributed by atoms with Crippen LogP contribution in [0, 0.1) is 11.7 Å². The fraction of sp³-hybridized carbons (Fsp3) is 0.318. The van der Waals surface area contributed by atoms with Crippen LogP contribution in [0.25, 0.3) is 11.4 Å². The number of hydrogen-bond acceptors (Lipinski definition) is 5. The number of carbonyl (C=O) groups excluding carboxylic acids is 1. The van der Waals surface area contributed by atoms with Crippen molar-refractivity contribution in [3.63, 3.8) is 0 Å². The first-order valence-electron chi connectivity index (χ1n) is 9.81. The summed E-state index contributed by atoms with van der Waals surface area (Å²) in [4.78, 5) is 12.4. The molecule has 0 fully saturated rings. The molecule has 0 bridgehead atoms. The molecule has 0 aliphatic heterocycles. The molecule has 1 amide bonds. The van der Waals surface area contributed by atoms with E-state index in [1.807, 2.05) is 6.92 Å². The van der Waals surface area contributed by atoms with Crippen LogP contribution in [0.3, 0.4) is 0 Å². The summed E-state index contributed by atoms with van der Waals surface area (Å²) in [5.41, 5.74) is 3.00. The molecule has 1 unspecified atom stereocenters. The molecule has 0 aliphatic carbocycles. The summed E-state index contributed by atoms with van der Waals surface area (Å²) in [6.07, 6.45) is 1.04. The van der Waals surface area contributed by atoms with E-state index in [9.17, 15) is 9.18 Å². The number of benzene rings is 2. The van der Waals surface area contributed by atoms with Gasteiger partial charge in [-0.2, -0.15) is 0 Å². The van der Waals surface area contributed by atoms with Crippen molar-refractivity contribution in [1.82, 2.24) is 20.2 Å². The van der Waals surface area contributed by atoms with Gasteiger partial charge in [-0.1, -0.05) is 49.9 Å². The zero-order valence-electron chi connectivity index (χ0n) is 17.3. The van der Waals surface area contributed by atoms with Gasteiger partial charge in [0.15, 0.2) is 5.82 Å². The maximum atomic E-state index is 13.1. The fourth-order valence-electron chi connectivity index (χ4n) is 3.08. The minimum absolute atomic E-state index is 0.100. The summed E-state index contributed by atoms with van der Waals surface area (Å²) in [5, 5.41) is 11.5. The molecule has 0 aliphatic rings. The Morgan fingerprint density at radius 2 is 1.77 bits per heavy atom. The van der Waals surface area contributed by atoms with Crippen molar-refractivity contribution in [3.8, 4) is 11.4 Å². The lowest BCUT2D eigenvalue weighted by molar-refractivity contribution is -0.119. The minimum atomic E-state index is -0.336. The number of thioether (sulfide) groups is 1. The lowest BCUT2D eigenvalue weighted by Gasteiger charge is -2.15. The highest BCUT2D eigenvalue weighted by atomic mass is 32.2. The first-order valence-corrected chi connectivity index (χ1v) is 10.8. The van der Waals surface area contributed by atoms with Crippen LogP contribution in [0.2, 0.25) is 0 Å². The monoisotopic (exact) mass is 427 g/mol. The van der Waals surface area contributed by atoms with Gasteiger partial charge >= 0.3 is 0 Å². The minimum Gasteiger partial charge on any atom is -0.349 e. The molecular formula is C22H26FN5OS. The largest absolute Gasteiger partial charge is 0.349 e. The van der Waals surface area contributed by atoms with Gasteiger partial charge in [-0.05, 0) is 54.7 Å². The summed E-state index contributed by atoms with van der Waals surface area (Å²) >= 11 is 1.20. The van der Waals surface area contributed by atoms with Gasteiger partial charge in [0.05, 0.1) is 11.8 Å². The standard InChI is InChI=1S/C22H26FN5OS/c1-14(2)12-16-4-6-17(7-5-16)15(3)25-20(29)13-30-22-27-26-21(28(22)24)18-8-10-19(23)11-9-18/h4-11,14-15H,12-13,24H2,1-3H3,(H,25,29). The van der Waals surface area contributed by atoms with E-state index >= 15 is 0 Å². The highest BCUT2D eigenvalue weighted by Gasteiger charge is 2.15. The quantitative estimate of drug-likeness (QED) is 0.420. The maximum Gasteiger partial charge on any atom is 0.230 e. The van der Waals surface area contributed by atoms with E-state index in [1.165, 1.54) is 34.1 Å². The number of rotatable bonds is 8. The van der Waals surface area contributed by atoms with Crippen molar-refractivity contribution < 1.29 is 9.18 Å². The van der Waals surface area contributed by atoms with Gasteiger partial charge in [0.2, 0.25) is 11.1 Å². The third kappa shape index (κ3) is 5.60. The first-order chi connectivity index (χ1) is 14.3. The number of carbonyl (C=O) groups is 1. The van der Waals surface area contributed by atoms with Crippen LogP contribution in [-0.2, 0) is 11.2 Å². The van der Waals surface area contributed by atoms with Gasteiger partial charge < -0.3 is 11.2 Å². The Morgan fingerprint density at radius 1 is 1.10 bits per heavy atom. The predicted molar refractivity (Wildman–Crippen MR) is 118 cm³/mol. The fourth-order valence-corrected chi connectivity index (χ4v) is 3.75. The molecule has 30 heavy (non-hydrogen) atoms. The molecule has 0 saturated heterocycles. The van der Waals surface area contributed by atoms with E-state index in [1.54, 1.807) is 12.1 Å². The van der Waals surface area contributed by atoms with Crippen LogP contribution in [0.1, 0.15) is 37.9 Å². The average Bonchev–Trinajstić information content (AvgIpc) is 3.07. The van der Waals surface area contributed by atoms with Crippen molar-refractivity contribution in [1.29, 1.82) is 0 Å². The molecule has 1 heterocycles. The van der Waals surface area contributed by atoms with E-state index in [0.29, 0.717) is 22.5 Å². The second-order valence-electron chi connectivity index (χ2n) is 7.60. The van der Waals surface area contributed by atoms with Gasteiger partial charge in [-0.3, -0.25) is 4.79 Å². The van der Waals surface area contributed by atoms with E-state index in [2.05, 4.69) is 53.6 Å². The summed E-state index contributed by atoms with van der Waals surface area (Å²) in [5.74, 6) is 6.77. The molecule has 3 aromatic rings. The summed E-state index contributed by atoms with van der Waals surface area (Å²) in [6, 6.07) is 14.1. The highest BCUT2D eigenvalue weighted by molar-refractivity contribution is 7.99. The lowest BCUT2D eigenvalue weighted by atomic mass is 10.00. The Balaban J connectivity index is 1.55. The number of nitrogen functional groups attached to an aromatic ring is 1. The van der Waals surface area contributed by atoms with Crippen molar-refractivity contribution in [2.45, 2.75) is 38.4 Å². The molecule has 3 rings (SSSR count). The maximum absolute atomic E-state index is 13.1. The molecule has 0 spiro atoms. The normalized spacial score (nSPS) is 12.2. The van der Waals surface area contributed by atoms with E-state index in [-0.39, 0.29) is 23.5 Å². The Hall–Kier alpha value is -2.87. The van der Waals surface area contributed by atoms with Crippen LogP contribution in [0.15, 0.2) is 53.7 Å². The topological polar surface area (TPSA) is 85.8 Å². The molecule has 3 N–H and O–H groups in total. The molecule has 0 radical (unpaired) electrons. The average molecular weight is 428 g/mol. The van der Waals surface area contributed by atoms with E-state index in [4.69, 9.17) is 5.84 Å². The van der Waals surface area contributed by atoms with Crippen LogP contribution in [0.5, 0.6) is 0 Å². The molecular weight excluding hydrogens is 401 g/mol. The Kier molecular flexibility index (Phi) is 7.10. The van der Waals surface area contributed by atoms with Gasteiger partial charge in [-0.25, -0.2) is 9.07 Å². The van der Waals surface area contributed by atoms with E-state index < -0.39 is 0 Å². The molecule has 6 nitrogen and oxygen atoms in total. The Morgan fingerprint density at radius 3 is 2.40 bits per heavy atom. The molecule has 158 valence electrons. The van der Waals surface area contributed by atoms with Crippen LogP contribution >= 0.6 is 11.8 Å². The van der Waals surface area contributed by atoms with Gasteiger partial charge in [0.25, 0.3) is 0 Å². The zero-order chi connectivity index (χ0) is 21.7. The summed E-state index contributed by atoms with van der Waals surface area (Å²) < 4.78 is 14.4. The molecule has 8 heteroatoms. The van der Waals surface area contributed by atoms with Gasteiger partial charge in [-0.15, -0.1) is 10.2 Å². The predicted octanol–water partition coefficient (Wildman–Crippen LogP) is 3.97. The Bertz CT molecular complexity index is 986. The number of aromatic nitrogens is 3. The highest BCUT2D eigenvalue weighted by Crippen LogP contribution is 2.22. The van der Waals surface area contributed by atoms with Gasteiger partial charge in [0.1, 0.15) is 5.82 Å². The van der Waals surface area contributed by atoms with Crippen molar-refractivity contribution in [2.75, 3.05) is 11.6 Å². The Labute approximate surface area is 180 Å². The van der Waals surface area contributed by atoms with Crippen LogP contribution in [0.4, 0.5) is 4.39 Å². The molecule has 0 saturated carbocycles. The third-order valence-electron chi connectivity index (χ3n) is 4.60. The van der Waals surface area contributed by atoms with Crippen molar-refractivity contribution in [2.24, 2.45) is 5.92 Å². The van der Waals surface area contributed by atoms with Crippen LogP contribution in [-0.4, -0.2) is 26.5 Å². The smallest absolute Gasteiger partial charge is 0.230 e. The molecule has 1 atom stereocenters. The molecule has 1 aromatic heterocycles. The number of halogens is 1. The van der Waals surface area contributed by atoms with Crippen LogP contribution < -0.4 is 11.2 Å². The van der Waals surface area contributed by atoms with Crippen molar-refractivity contribution in [3.05, 3.63) is 65.5 Å². The summed E-state index contributed by atoms with van der Waals surface area (Å²) in [6.45, 7) is 6.34. The number of nitrogens with two attached hydrogens (primary N) is 1. The summed E-state index contributed by atoms with van der Waals surface area (Å²) in [7, 11) is 0. The second-order valence-corrected chi connectivity index (χ2v) is 8.54. The number of amides is 1. The molecule has 2 aromatic carbocycles. The number of nitrogens with zero attached hydrogens (tertiary/aromatic N) is 3. The van der Waals surface area contributed by atoms with E-state index in [0.717, 1.165) is 12.0 Å². The van der Waals surface area contributed by atoms with Gasteiger partial charge in [0, 0.05) is 5.56 Å². The second kappa shape index (κ2) is 9.75. The third-order valence-corrected chi connectivity index (χ3v) is 5.54. The zero-order valence-corrected chi connectivity index (χ0v) is 18.1. The number of hydrogen-bond donors (Lipinski definition) is 2.